The zero-order chi connectivity index (χ0) is 59.2. The number of hydrogen-bond acceptors (Lipinski definition) is 6. The summed E-state index contributed by atoms with van der Waals surface area (Å²) in [5, 5.41) is 0. The number of carbonyl (C=O) groups excluding carboxylic acids is 3. The molecule has 6 heteroatoms. The molecule has 0 aromatic heterocycles. The molecule has 0 aliphatic rings. The van der Waals surface area contributed by atoms with Crippen LogP contribution in [0.2, 0.25) is 0 Å². The van der Waals surface area contributed by atoms with Crippen LogP contribution in [0.4, 0.5) is 0 Å². The summed E-state index contributed by atoms with van der Waals surface area (Å²) in [7, 11) is 0. The van der Waals surface area contributed by atoms with Crippen molar-refractivity contribution in [2.75, 3.05) is 13.2 Å². The van der Waals surface area contributed by atoms with Crippen LogP contribution in [0.25, 0.3) is 0 Å². The molecule has 480 valence electrons. The van der Waals surface area contributed by atoms with Crippen LogP contribution in [0.1, 0.15) is 400 Å². The third kappa shape index (κ3) is 68.2. The van der Waals surface area contributed by atoms with E-state index in [4.69, 9.17) is 14.2 Å². The molecule has 6 nitrogen and oxygen atoms in total. The normalized spacial score (nSPS) is 12.3. The van der Waals surface area contributed by atoms with E-state index in [-0.39, 0.29) is 31.1 Å². The first kappa shape index (κ1) is 79.4. The zero-order valence-electron chi connectivity index (χ0n) is 55.3. The fourth-order valence-corrected chi connectivity index (χ4v) is 11.0. The van der Waals surface area contributed by atoms with Crippen molar-refractivity contribution in [2.45, 2.75) is 406 Å². The number of esters is 3. The molecule has 1 unspecified atom stereocenters. The average molecular weight is 1150 g/mol. The first-order valence-corrected chi connectivity index (χ1v) is 36.6. The number of unbranched alkanes of at least 4 members (excludes halogenated alkanes) is 49. The van der Waals surface area contributed by atoms with E-state index in [1.165, 1.54) is 283 Å². The van der Waals surface area contributed by atoms with Gasteiger partial charge >= 0.3 is 17.9 Å². The van der Waals surface area contributed by atoms with E-state index in [0.29, 0.717) is 19.3 Å². The minimum atomic E-state index is -0.774. The second kappa shape index (κ2) is 70.9. The van der Waals surface area contributed by atoms with Crippen LogP contribution in [-0.2, 0) is 28.6 Å². The molecule has 0 saturated carbocycles. The van der Waals surface area contributed by atoms with Crippen molar-refractivity contribution in [3.63, 3.8) is 0 Å². The maximum Gasteiger partial charge on any atom is 0.306 e. The number of carbonyl (C=O) groups is 3. The highest BCUT2D eigenvalue weighted by Gasteiger charge is 2.19. The van der Waals surface area contributed by atoms with Gasteiger partial charge in [0.15, 0.2) is 6.10 Å². The van der Waals surface area contributed by atoms with Crippen molar-refractivity contribution in [1.29, 1.82) is 0 Å². The summed E-state index contributed by atoms with van der Waals surface area (Å²) in [6, 6.07) is 0. The number of allylic oxidation sites excluding steroid dienone is 8. The van der Waals surface area contributed by atoms with Gasteiger partial charge in [-0.15, -0.1) is 0 Å². The third-order valence-corrected chi connectivity index (χ3v) is 16.6. The van der Waals surface area contributed by atoms with Crippen LogP contribution in [0, 0.1) is 0 Å². The molecule has 0 bridgehead atoms. The van der Waals surface area contributed by atoms with Crippen LogP contribution in [0.3, 0.4) is 0 Å². The summed E-state index contributed by atoms with van der Waals surface area (Å²) in [4.78, 5) is 38.2. The van der Waals surface area contributed by atoms with E-state index in [1.54, 1.807) is 0 Å². The molecule has 0 fully saturated rings. The Bertz CT molecular complexity index is 1410. The van der Waals surface area contributed by atoms with E-state index in [1.807, 2.05) is 0 Å². The SMILES string of the molecule is CCCCCCC/C=C\C/C=C\C/C=C\CCCCCCCCCCC(=O)OC(COC(=O)CCCCCCCCCC)COC(=O)CCCCCCCCCCCCCCCCCCCCCCC/C=C\CCCCCCCCCC. The standard InChI is InChI=1S/C76H140O6/c1-4-7-10-13-16-19-21-23-25-27-29-31-33-34-35-36-37-38-39-40-41-42-44-45-47-49-51-53-55-57-60-63-66-69-75(78)81-72-73(71-80-74(77)68-65-62-59-18-15-12-9-6-3)82-76(79)70-67-64-61-58-56-54-52-50-48-46-43-32-30-28-26-24-22-20-17-14-11-8-5-2/h22,24,27-30,43,46,73H,4-21,23,25-26,31-42,44-45,47-72H2,1-3H3/b24-22-,29-27-,30-28-,46-43-. The maximum atomic E-state index is 12.9. The fourth-order valence-electron chi connectivity index (χ4n) is 11.0. The molecular weight excluding hydrogens is 1010 g/mol. The molecule has 0 rings (SSSR count). The Labute approximate surface area is 511 Å². The minimum Gasteiger partial charge on any atom is -0.462 e. The topological polar surface area (TPSA) is 78.9 Å². The molecule has 0 radical (unpaired) electrons. The van der Waals surface area contributed by atoms with Gasteiger partial charge in [0, 0.05) is 19.3 Å². The third-order valence-electron chi connectivity index (χ3n) is 16.6. The molecule has 0 aromatic carbocycles. The van der Waals surface area contributed by atoms with E-state index in [0.717, 1.165) is 77.0 Å². The van der Waals surface area contributed by atoms with Gasteiger partial charge in [-0.1, -0.05) is 345 Å². The van der Waals surface area contributed by atoms with Crippen molar-refractivity contribution >= 4 is 17.9 Å². The van der Waals surface area contributed by atoms with Gasteiger partial charge in [-0.25, -0.2) is 0 Å². The van der Waals surface area contributed by atoms with E-state index in [2.05, 4.69) is 69.4 Å². The summed E-state index contributed by atoms with van der Waals surface area (Å²) < 4.78 is 16.9. The minimum absolute atomic E-state index is 0.0714. The van der Waals surface area contributed by atoms with Crippen LogP contribution in [-0.4, -0.2) is 37.2 Å². The van der Waals surface area contributed by atoms with E-state index < -0.39 is 6.10 Å². The lowest BCUT2D eigenvalue weighted by atomic mass is 10.0. The van der Waals surface area contributed by atoms with Gasteiger partial charge in [-0.3, -0.25) is 14.4 Å². The maximum absolute atomic E-state index is 12.9. The first-order valence-electron chi connectivity index (χ1n) is 36.6. The quantitative estimate of drug-likeness (QED) is 0.0261. The van der Waals surface area contributed by atoms with Gasteiger partial charge in [0.25, 0.3) is 0 Å². The molecule has 0 heterocycles. The van der Waals surface area contributed by atoms with Gasteiger partial charge in [0.05, 0.1) is 0 Å². The summed E-state index contributed by atoms with van der Waals surface area (Å²) in [5.41, 5.74) is 0. The highest BCUT2D eigenvalue weighted by molar-refractivity contribution is 5.71. The second-order valence-corrected chi connectivity index (χ2v) is 24.9. The van der Waals surface area contributed by atoms with Crippen molar-refractivity contribution < 1.29 is 28.6 Å². The molecule has 0 N–H and O–H groups in total. The lowest BCUT2D eigenvalue weighted by molar-refractivity contribution is -0.167. The predicted octanol–water partition coefficient (Wildman–Crippen LogP) is 25.3. The predicted molar refractivity (Wildman–Crippen MR) is 358 cm³/mol. The zero-order valence-corrected chi connectivity index (χ0v) is 55.3. The summed E-state index contributed by atoms with van der Waals surface area (Å²) in [6.45, 7) is 6.65. The molecule has 0 aliphatic heterocycles. The Morgan fingerprint density at radius 1 is 0.244 bits per heavy atom. The van der Waals surface area contributed by atoms with Crippen molar-refractivity contribution in [3.8, 4) is 0 Å². The number of hydrogen-bond donors (Lipinski definition) is 0. The lowest BCUT2D eigenvalue weighted by Gasteiger charge is -2.18. The van der Waals surface area contributed by atoms with Gasteiger partial charge < -0.3 is 14.2 Å². The van der Waals surface area contributed by atoms with E-state index >= 15 is 0 Å². The summed E-state index contributed by atoms with van der Waals surface area (Å²) >= 11 is 0. The second-order valence-electron chi connectivity index (χ2n) is 24.9. The van der Waals surface area contributed by atoms with Gasteiger partial charge in [-0.2, -0.15) is 0 Å². The molecule has 0 aliphatic carbocycles. The molecule has 0 saturated heterocycles. The Morgan fingerprint density at radius 2 is 0.439 bits per heavy atom. The Morgan fingerprint density at radius 3 is 0.695 bits per heavy atom. The van der Waals surface area contributed by atoms with Crippen molar-refractivity contribution in [1.82, 2.24) is 0 Å². The van der Waals surface area contributed by atoms with E-state index in [9.17, 15) is 14.4 Å². The molecular formula is C76H140O6. The number of ether oxygens (including phenoxy) is 3. The van der Waals surface area contributed by atoms with Crippen LogP contribution in [0.5, 0.6) is 0 Å². The van der Waals surface area contributed by atoms with Gasteiger partial charge in [-0.05, 0) is 83.5 Å². The smallest absolute Gasteiger partial charge is 0.306 e. The molecule has 0 spiro atoms. The van der Waals surface area contributed by atoms with Gasteiger partial charge in [0.2, 0.25) is 0 Å². The van der Waals surface area contributed by atoms with Crippen LogP contribution >= 0.6 is 0 Å². The average Bonchev–Trinajstić information content (AvgIpc) is 3.47. The Kier molecular flexibility index (Phi) is 68.6. The van der Waals surface area contributed by atoms with Crippen LogP contribution in [0.15, 0.2) is 48.6 Å². The fraction of sp³-hybridized carbons (Fsp3) is 0.855. The lowest BCUT2D eigenvalue weighted by Crippen LogP contribution is -2.30. The highest BCUT2D eigenvalue weighted by atomic mass is 16.6. The first-order chi connectivity index (χ1) is 40.5. The molecule has 1 atom stereocenters. The molecule has 82 heavy (non-hydrogen) atoms. The summed E-state index contributed by atoms with van der Waals surface area (Å²) in [5.74, 6) is -0.859. The van der Waals surface area contributed by atoms with Crippen LogP contribution < -0.4 is 0 Å². The Hall–Kier alpha value is -2.63. The molecule has 0 aromatic rings. The number of rotatable bonds is 68. The Balaban J connectivity index is 4.03. The van der Waals surface area contributed by atoms with Gasteiger partial charge in [0.1, 0.15) is 13.2 Å². The van der Waals surface area contributed by atoms with Crippen molar-refractivity contribution in [2.24, 2.45) is 0 Å². The van der Waals surface area contributed by atoms with Crippen molar-refractivity contribution in [3.05, 3.63) is 48.6 Å². The monoisotopic (exact) mass is 1150 g/mol. The largest absolute Gasteiger partial charge is 0.462 e. The summed E-state index contributed by atoms with van der Waals surface area (Å²) in [6.07, 6.45) is 90.4. The highest BCUT2D eigenvalue weighted by Crippen LogP contribution is 2.18. The molecule has 0 amide bonds.